The van der Waals surface area contributed by atoms with Gasteiger partial charge in [-0.25, -0.2) is 19.9 Å². The Balaban J connectivity index is 0.000000203. The molecule has 1 aliphatic rings. The van der Waals surface area contributed by atoms with E-state index < -0.39 is 0 Å². The van der Waals surface area contributed by atoms with Crippen LogP contribution >= 0.6 is 0 Å². The van der Waals surface area contributed by atoms with Gasteiger partial charge in [0.25, 0.3) is 0 Å². The van der Waals surface area contributed by atoms with Crippen molar-refractivity contribution >= 4 is 59.3 Å². The molecule has 0 bridgehead atoms. The molecule has 0 unspecified atom stereocenters. The van der Waals surface area contributed by atoms with E-state index >= 15 is 0 Å². The van der Waals surface area contributed by atoms with E-state index in [-0.39, 0.29) is 5.91 Å². The topological polar surface area (TPSA) is 175 Å². The van der Waals surface area contributed by atoms with Gasteiger partial charge in [-0.3, -0.25) is 19.9 Å². The van der Waals surface area contributed by atoms with Gasteiger partial charge in [0.1, 0.15) is 17.5 Å². The van der Waals surface area contributed by atoms with Gasteiger partial charge >= 0.3 is 0 Å². The lowest BCUT2D eigenvalue weighted by atomic mass is 10.1. The number of carbonyl (C=O) groups is 1. The van der Waals surface area contributed by atoms with Crippen LogP contribution in [0.2, 0.25) is 0 Å². The Morgan fingerprint density at radius 2 is 1.31 bits per heavy atom. The predicted octanol–water partition coefficient (Wildman–Crippen LogP) is 6.81. The van der Waals surface area contributed by atoms with Crippen LogP contribution in [0, 0.1) is 20.8 Å². The van der Waals surface area contributed by atoms with E-state index in [4.69, 9.17) is 4.74 Å². The molecule has 276 valence electrons. The third kappa shape index (κ3) is 12.0. The number of benzene rings is 2. The summed E-state index contributed by atoms with van der Waals surface area (Å²) in [4.78, 5) is 32.5. The zero-order valence-electron chi connectivity index (χ0n) is 30.6. The van der Waals surface area contributed by atoms with Gasteiger partial charge in [0, 0.05) is 61.8 Å². The zero-order chi connectivity index (χ0) is 37.5. The summed E-state index contributed by atoms with van der Waals surface area (Å²) in [5.41, 5.74) is 5.29. The molecule has 14 heteroatoms. The van der Waals surface area contributed by atoms with Crippen molar-refractivity contribution in [2.75, 3.05) is 48.8 Å². The minimum absolute atomic E-state index is 0.0878. The van der Waals surface area contributed by atoms with Crippen LogP contribution in [0.25, 0.3) is 24.3 Å². The Hall–Kier alpha value is -6.51. The minimum Gasteiger partial charge on any atom is -0.379 e. The molecule has 6 aromatic rings. The molecule has 54 heavy (non-hydrogen) atoms. The van der Waals surface area contributed by atoms with Crippen molar-refractivity contribution in [1.82, 2.24) is 45.2 Å². The Labute approximate surface area is 314 Å². The fraction of sp³-hybridized carbons (Fsp3) is 0.225. The number of nitrogens with zero attached hydrogens (tertiary/aromatic N) is 7. The van der Waals surface area contributed by atoms with Crippen molar-refractivity contribution in [2.45, 2.75) is 27.2 Å². The molecule has 1 saturated heterocycles. The molecule has 14 nitrogen and oxygen atoms in total. The highest BCUT2D eigenvalue weighted by atomic mass is 16.5. The van der Waals surface area contributed by atoms with Crippen molar-refractivity contribution in [1.29, 1.82) is 0 Å². The number of morpholine rings is 1. The number of ether oxygens (including phenoxy) is 1. The van der Waals surface area contributed by atoms with Crippen LogP contribution in [0.1, 0.15) is 46.1 Å². The Bertz CT molecular complexity index is 2150. The molecule has 0 saturated carbocycles. The van der Waals surface area contributed by atoms with E-state index in [2.05, 4.69) is 80.2 Å². The van der Waals surface area contributed by atoms with Crippen LogP contribution < -0.4 is 16.0 Å². The number of carbonyl (C=O) groups excluding carboxylic acids is 1. The van der Waals surface area contributed by atoms with Crippen LogP contribution in [-0.4, -0.2) is 84.0 Å². The summed E-state index contributed by atoms with van der Waals surface area (Å²) in [7, 11) is 0. The number of aromatic nitrogens is 8. The second kappa shape index (κ2) is 18.8. The largest absolute Gasteiger partial charge is 0.379 e. The smallest absolute Gasteiger partial charge is 0.226 e. The number of rotatable bonds is 12. The van der Waals surface area contributed by atoms with Gasteiger partial charge in [-0.15, -0.1) is 0 Å². The lowest BCUT2D eigenvalue weighted by Gasteiger charge is -2.26. The van der Waals surface area contributed by atoms with Gasteiger partial charge < -0.3 is 20.7 Å². The Morgan fingerprint density at radius 1 is 0.704 bits per heavy atom. The fourth-order valence-electron chi connectivity index (χ4n) is 5.29. The van der Waals surface area contributed by atoms with Crippen LogP contribution in [0.3, 0.4) is 0 Å². The summed E-state index contributed by atoms with van der Waals surface area (Å²) in [5.74, 6) is 4.12. The van der Waals surface area contributed by atoms with E-state index in [9.17, 15) is 4.79 Å². The number of hydrogen-bond acceptors (Lipinski definition) is 11. The molecule has 0 radical (unpaired) electrons. The van der Waals surface area contributed by atoms with Crippen LogP contribution in [-0.2, 0) is 9.53 Å². The maximum atomic E-state index is 12.6. The monoisotopic (exact) mass is 724 g/mol. The van der Waals surface area contributed by atoms with E-state index in [0.29, 0.717) is 61.1 Å². The molecule has 5 N–H and O–H groups in total. The molecule has 1 aliphatic heterocycles. The van der Waals surface area contributed by atoms with Gasteiger partial charge in [0.05, 0.1) is 13.2 Å². The number of amides is 1. The molecule has 0 aliphatic carbocycles. The molecule has 1 fully saturated rings. The summed E-state index contributed by atoms with van der Waals surface area (Å²) in [6.07, 6.45) is 9.75. The molecule has 2 aromatic carbocycles. The van der Waals surface area contributed by atoms with Gasteiger partial charge in [0.15, 0.2) is 23.3 Å². The third-order valence-corrected chi connectivity index (χ3v) is 8.09. The minimum atomic E-state index is -0.0878. The van der Waals surface area contributed by atoms with Gasteiger partial charge in [0.2, 0.25) is 5.91 Å². The average Bonchev–Trinajstić information content (AvgIpc) is 3.80. The molecule has 0 atom stereocenters. The van der Waals surface area contributed by atoms with Gasteiger partial charge in [-0.1, -0.05) is 72.3 Å². The van der Waals surface area contributed by atoms with Crippen molar-refractivity contribution in [3.63, 3.8) is 0 Å². The third-order valence-electron chi connectivity index (χ3n) is 8.09. The first-order chi connectivity index (χ1) is 26.3. The molecule has 7 rings (SSSR count). The molecular weight excluding hydrogens is 681 g/mol. The highest BCUT2D eigenvalue weighted by Gasteiger charge is 2.13. The Kier molecular flexibility index (Phi) is 13.0. The summed E-state index contributed by atoms with van der Waals surface area (Å²) >= 11 is 0. The first-order valence-electron chi connectivity index (χ1n) is 17.7. The highest BCUT2D eigenvalue weighted by Crippen LogP contribution is 2.19. The molecular formula is C40H44N12O2. The highest BCUT2D eigenvalue weighted by molar-refractivity contribution is 5.90. The SMILES string of the molecule is Cc1cc(Nc2ccnc(/C=C/c3ccccc3)n2)n[nH]1.Cc1ccc(/C=C/c2nc(NC(=O)CCN3CCOCC3)cc(Nc3cc(C)[nH]n3)n2)cc1. The van der Waals surface area contributed by atoms with Crippen molar-refractivity contribution in [3.8, 4) is 0 Å². The lowest BCUT2D eigenvalue weighted by Crippen LogP contribution is -2.38. The van der Waals surface area contributed by atoms with E-state index in [1.54, 1.807) is 12.3 Å². The second-order valence-corrected chi connectivity index (χ2v) is 12.7. The maximum Gasteiger partial charge on any atom is 0.226 e. The lowest BCUT2D eigenvalue weighted by molar-refractivity contribution is -0.116. The summed E-state index contributed by atoms with van der Waals surface area (Å²) in [6.45, 7) is 9.75. The molecule has 0 spiro atoms. The van der Waals surface area contributed by atoms with Crippen molar-refractivity contribution < 1.29 is 9.53 Å². The molecule has 4 aromatic heterocycles. The van der Waals surface area contributed by atoms with Crippen LogP contribution in [0.15, 0.2) is 85.1 Å². The first-order valence-corrected chi connectivity index (χ1v) is 17.7. The summed E-state index contributed by atoms with van der Waals surface area (Å²) in [5, 5.41) is 23.3. The number of nitrogens with one attached hydrogen (secondary N) is 5. The number of aromatic amines is 2. The molecule has 5 heterocycles. The van der Waals surface area contributed by atoms with E-state index in [1.165, 1.54) is 5.56 Å². The van der Waals surface area contributed by atoms with Gasteiger partial charge in [-0.2, -0.15) is 10.2 Å². The summed E-state index contributed by atoms with van der Waals surface area (Å²) in [6, 6.07) is 25.5. The number of anilines is 5. The quantitative estimate of drug-likeness (QED) is 0.0897. The maximum absolute atomic E-state index is 12.6. The van der Waals surface area contributed by atoms with E-state index in [1.807, 2.05) is 98.8 Å². The van der Waals surface area contributed by atoms with E-state index in [0.717, 1.165) is 41.4 Å². The van der Waals surface area contributed by atoms with Crippen molar-refractivity contribution in [3.05, 3.63) is 125 Å². The normalized spacial score (nSPS) is 13.1. The average molecular weight is 725 g/mol. The Morgan fingerprint density at radius 3 is 1.98 bits per heavy atom. The standard InChI is InChI=1S/C24H29N7O2.C16H15N5/c1-17-3-5-19(6-4-17)7-8-20-25-21(27-23-15-18(2)29-30-23)16-22(26-20)28-24(32)9-10-31-11-13-33-14-12-31;1-12-11-16(21-20-12)19-15-9-10-17-14(18-15)8-7-13-5-3-2-4-6-13/h3-8,15-16H,9-14H2,1-2H3,(H3,25,26,27,28,29,30,32);2-11H,1H3,(H2,17,18,19,20,21)/b2*8-7+. The summed E-state index contributed by atoms with van der Waals surface area (Å²) < 4.78 is 5.36. The van der Waals surface area contributed by atoms with Crippen LogP contribution in [0.5, 0.6) is 0 Å². The second-order valence-electron chi connectivity index (χ2n) is 12.7. The fourth-order valence-corrected chi connectivity index (χ4v) is 5.29. The first kappa shape index (κ1) is 37.3. The predicted molar refractivity (Wildman–Crippen MR) is 213 cm³/mol. The number of H-pyrrole nitrogens is 2. The number of aryl methyl sites for hydroxylation is 3. The van der Waals surface area contributed by atoms with Crippen LogP contribution in [0.4, 0.5) is 29.1 Å². The zero-order valence-corrected chi connectivity index (χ0v) is 30.6. The number of hydrogen-bond donors (Lipinski definition) is 5. The molecule has 1 amide bonds. The van der Waals surface area contributed by atoms with Crippen molar-refractivity contribution in [2.24, 2.45) is 0 Å². The van der Waals surface area contributed by atoms with Gasteiger partial charge in [-0.05, 0) is 50.1 Å².